The summed E-state index contributed by atoms with van der Waals surface area (Å²) in [6.07, 6.45) is 4.55. The topological polar surface area (TPSA) is 53.1 Å². The first-order valence-corrected chi connectivity index (χ1v) is 4.71. The van der Waals surface area contributed by atoms with Crippen LogP contribution in [0.4, 0.5) is 5.82 Å². The van der Waals surface area contributed by atoms with Gasteiger partial charge in [0.25, 0.3) is 0 Å². The molecule has 2 rings (SSSR count). The van der Waals surface area contributed by atoms with Gasteiger partial charge in [-0.25, -0.2) is 0 Å². The molecule has 1 aromatic rings. The SMILES string of the molecule is Nc1ccn(CCOCC2CC2)n1. The van der Waals surface area contributed by atoms with Gasteiger partial charge >= 0.3 is 0 Å². The van der Waals surface area contributed by atoms with Gasteiger partial charge in [0.2, 0.25) is 0 Å². The van der Waals surface area contributed by atoms with E-state index in [1.807, 2.05) is 10.9 Å². The molecule has 4 heteroatoms. The maximum Gasteiger partial charge on any atom is 0.145 e. The summed E-state index contributed by atoms with van der Waals surface area (Å²) in [5.41, 5.74) is 5.47. The molecular formula is C9H15N3O. The Morgan fingerprint density at radius 1 is 1.62 bits per heavy atom. The van der Waals surface area contributed by atoms with Crippen molar-refractivity contribution in [3.63, 3.8) is 0 Å². The highest BCUT2D eigenvalue weighted by atomic mass is 16.5. The number of nitrogens with zero attached hydrogens (tertiary/aromatic N) is 2. The molecule has 1 aromatic heterocycles. The van der Waals surface area contributed by atoms with Gasteiger partial charge in [0, 0.05) is 12.8 Å². The van der Waals surface area contributed by atoms with Gasteiger partial charge in [-0.05, 0) is 24.8 Å². The van der Waals surface area contributed by atoms with E-state index < -0.39 is 0 Å². The minimum atomic E-state index is 0.571. The minimum Gasteiger partial charge on any atom is -0.382 e. The third-order valence-corrected chi connectivity index (χ3v) is 2.18. The molecule has 0 saturated heterocycles. The second-order valence-corrected chi connectivity index (χ2v) is 3.52. The number of rotatable bonds is 5. The lowest BCUT2D eigenvalue weighted by molar-refractivity contribution is 0.114. The van der Waals surface area contributed by atoms with Crippen LogP contribution in [0.2, 0.25) is 0 Å². The van der Waals surface area contributed by atoms with Gasteiger partial charge in [-0.3, -0.25) is 4.68 Å². The summed E-state index contributed by atoms with van der Waals surface area (Å²) in [4.78, 5) is 0. The highest BCUT2D eigenvalue weighted by Gasteiger charge is 2.20. The quantitative estimate of drug-likeness (QED) is 0.686. The molecule has 72 valence electrons. The van der Waals surface area contributed by atoms with Crippen LogP contribution in [0.5, 0.6) is 0 Å². The van der Waals surface area contributed by atoms with Crippen LogP contribution in [0, 0.1) is 5.92 Å². The molecule has 1 saturated carbocycles. The number of aromatic nitrogens is 2. The summed E-state index contributed by atoms with van der Waals surface area (Å²) >= 11 is 0. The first kappa shape index (κ1) is 8.56. The van der Waals surface area contributed by atoms with E-state index in [4.69, 9.17) is 10.5 Å². The van der Waals surface area contributed by atoms with E-state index in [-0.39, 0.29) is 0 Å². The number of anilines is 1. The molecule has 4 nitrogen and oxygen atoms in total. The number of hydrogen-bond acceptors (Lipinski definition) is 3. The van der Waals surface area contributed by atoms with Crippen molar-refractivity contribution in [2.75, 3.05) is 18.9 Å². The molecule has 13 heavy (non-hydrogen) atoms. The lowest BCUT2D eigenvalue weighted by Gasteiger charge is -2.02. The van der Waals surface area contributed by atoms with E-state index >= 15 is 0 Å². The van der Waals surface area contributed by atoms with Crippen molar-refractivity contribution in [2.24, 2.45) is 5.92 Å². The van der Waals surface area contributed by atoms with Crippen molar-refractivity contribution >= 4 is 5.82 Å². The molecule has 0 aromatic carbocycles. The Labute approximate surface area is 77.7 Å². The molecule has 0 unspecified atom stereocenters. The summed E-state index contributed by atoms with van der Waals surface area (Å²) in [6, 6.07) is 1.79. The normalized spacial score (nSPS) is 16.3. The number of ether oxygens (including phenoxy) is 1. The first-order chi connectivity index (χ1) is 6.34. The Morgan fingerprint density at radius 3 is 3.08 bits per heavy atom. The molecule has 0 atom stereocenters. The Kier molecular flexibility index (Phi) is 2.49. The fourth-order valence-electron chi connectivity index (χ4n) is 1.19. The highest BCUT2D eigenvalue weighted by molar-refractivity contribution is 5.23. The van der Waals surface area contributed by atoms with E-state index in [1.54, 1.807) is 6.07 Å². The largest absolute Gasteiger partial charge is 0.382 e. The zero-order valence-electron chi connectivity index (χ0n) is 7.65. The molecular weight excluding hydrogens is 166 g/mol. The molecule has 1 aliphatic carbocycles. The van der Waals surface area contributed by atoms with Crippen molar-refractivity contribution < 1.29 is 4.74 Å². The molecule has 0 spiro atoms. The predicted molar refractivity (Wildman–Crippen MR) is 50.2 cm³/mol. The third kappa shape index (κ3) is 2.73. The van der Waals surface area contributed by atoms with Crippen LogP contribution >= 0.6 is 0 Å². The fraction of sp³-hybridized carbons (Fsp3) is 0.667. The van der Waals surface area contributed by atoms with Crippen molar-refractivity contribution in [3.8, 4) is 0 Å². The molecule has 1 fully saturated rings. The van der Waals surface area contributed by atoms with Crippen molar-refractivity contribution in [1.82, 2.24) is 9.78 Å². The van der Waals surface area contributed by atoms with E-state index in [9.17, 15) is 0 Å². The molecule has 0 radical (unpaired) electrons. The van der Waals surface area contributed by atoms with E-state index in [0.717, 1.165) is 25.7 Å². The van der Waals surface area contributed by atoms with Crippen LogP contribution < -0.4 is 5.73 Å². The van der Waals surface area contributed by atoms with E-state index in [0.29, 0.717) is 5.82 Å². The third-order valence-electron chi connectivity index (χ3n) is 2.18. The Morgan fingerprint density at radius 2 is 2.46 bits per heavy atom. The Hall–Kier alpha value is -1.03. The van der Waals surface area contributed by atoms with Crippen LogP contribution in [-0.2, 0) is 11.3 Å². The first-order valence-electron chi connectivity index (χ1n) is 4.71. The van der Waals surface area contributed by atoms with Crippen molar-refractivity contribution in [1.29, 1.82) is 0 Å². The van der Waals surface area contributed by atoms with Gasteiger partial charge in [-0.1, -0.05) is 0 Å². The molecule has 0 amide bonds. The van der Waals surface area contributed by atoms with Crippen molar-refractivity contribution in [2.45, 2.75) is 19.4 Å². The summed E-state index contributed by atoms with van der Waals surface area (Å²) < 4.78 is 7.28. The maximum atomic E-state index is 5.47. The van der Waals surface area contributed by atoms with Crippen molar-refractivity contribution in [3.05, 3.63) is 12.3 Å². The predicted octanol–water partition coefficient (Wildman–Crippen LogP) is 0.892. The van der Waals surface area contributed by atoms with Gasteiger partial charge in [0.05, 0.1) is 13.2 Å². The van der Waals surface area contributed by atoms with Crippen LogP contribution in [0.25, 0.3) is 0 Å². The standard InChI is InChI=1S/C9H15N3O/c10-9-3-4-12(11-9)5-6-13-7-8-1-2-8/h3-4,8H,1-2,5-7H2,(H2,10,11). The molecule has 1 heterocycles. The second-order valence-electron chi connectivity index (χ2n) is 3.52. The average molecular weight is 181 g/mol. The zero-order valence-corrected chi connectivity index (χ0v) is 7.65. The summed E-state index contributed by atoms with van der Waals surface area (Å²) in [6.45, 7) is 2.44. The van der Waals surface area contributed by atoms with Crippen LogP contribution in [0.15, 0.2) is 12.3 Å². The molecule has 2 N–H and O–H groups in total. The van der Waals surface area contributed by atoms with Gasteiger partial charge < -0.3 is 10.5 Å². The summed E-state index contributed by atoms with van der Waals surface area (Å²) in [5.74, 6) is 1.41. The number of hydrogen-bond donors (Lipinski definition) is 1. The van der Waals surface area contributed by atoms with Crippen LogP contribution in [0.3, 0.4) is 0 Å². The van der Waals surface area contributed by atoms with Gasteiger partial charge in [-0.15, -0.1) is 0 Å². The number of nitrogen functional groups attached to an aromatic ring is 1. The highest BCUT2D eigenvalue weighted by Crippen LogP contribution is 2.28. The zero-order chi connectivity index (χ0) is 9.10. The monoisotopic (exact) mass is 181 g/mol. The Bertz CT molecular complexity index is 268. The lowest BCUT2D eigenvalue weighted by Crippen LogP contribution is -2.08. The molecule has 0 bridgehead atoms. The average Bonchev–Trinajstić information content (AvgIpc) is 2.84. The summed E-state index contributed by atoms with van der Waals surface area (Å²) in [5, 5.41) is 4.06. The van der Waals surface area contributed by atoms with Gasteiger partial charge in [-0.2, -0.15) is 5.10 Å². The lowest BCUT2D eigenvalue weighted by atomic mass is 10.5. The van der Waals surface area contributed by atoms with Crippen LogP contribution in [0.1, 0.15) is 12.8 Å². The van der Waals surface area contributed by atoms with Crippen LogP contribution in [-0.4, -0.2) is 23.0 Å². The van der Waals surface area contributed by atoms with Gasteiger partial charge in [0.1, 0.15) is 5.82 Å². The van der Waals surface area contributed by atoms with E-state index in [2.05, 4.69) is 5.10 Å². The smallest absolute Gasteiger partial charge is 0.145 e. The fourth-order valence-corrected chi connectivity index (χ4v) is 1.19. The minimum absolute atomic E-state index is 0.571. The van der Waals surface area contributed by atoms with Gasteiger partial charge in [0.15, 0.2) is 0 Å². The number of nitrogens with two attached hydrogens (primary N) is 1. The summed E-state index contributed by atoms with van der Waals surface area (Å²) in [7, 11) is 0. The second kappa shape index (κ2) is 3.79. The van der Waals surface area contributed by atoms with E-state index in [1.165, 1.54) is 12.8 Å². The Balaban J connectivity index is 1.61. The molecule has 1 aliphatic rings. The molecule has 0 aliphatic heterocycles. The maximum absolute atomic E-state index is 5.47.